The van der Waals surface area contributed by atoms with Crippen LogP contribution in [-0.2, 0) is 11.3 Å². The lowest BCUT2D eigenvalue weighted by Crippen LogP contribution is -2.18. The number of para-hydroxylation sites is 1. The molecule has 1 aliphatic rings. The Bertz CT molecular complexity index is 985. The molecule has 1 amide bonds. The highest BCUT2D eigenvalue weighted by Gasteiger charge is 2.15. The van der Waals surface area contributed by atoms with Crippen molar-refractivity contribution in [1.29, 1.82) is 5.26 Å². The van der Waals surface area contributed by atoms with E-state index >= 15 is 0 Å². The zero-order valence-electron chi connectivity index (χ0n) is 12.7. The first-order valence-electron chi connectivity index (χ1n) is 7.42. The number of ether oxygens (including phenoxy) is 2. The van der Waals surface area contributed by atoms with E-state index in [9.17, 15) is 10.1 Å². The third kappa shape index (κ3) is 2.42. The van der Waals surface area contributed by atoms with Gasteiger partial charge in [0.05, 0.1) is 5.56 Å². The van der Waals surface area contributed by atoms with Crippen molar-refractivity contribution in [3.63, 3.8) is 0 Å². The van der Waals surface area contributed by atoms with Crippen LogP contribution in [0.1, 0.15) is 5.56 Å². The minimum atomic E-state index is -0.181. The Labute approximate surface area is 137 Å². The maximum Gasteiger partial charge on any atom is 0.244 e. The second kappa shape index (κ2) is 5.63. The van der Waals surface area contributed by atoms with Crippen LogP contribution in [0.15, 0.2) is 48.7 Å². The molecule has 4 rings (SSSR count). The van der Waals surface area contributed by atoms with E-state index in [1.165, 1.54) is 0 Å². The largest absolute Gasteiger partial charge is 0.454 e. The molecule has 1 N–H and O–H groups in total. The van der Waals surface area contributed by atoms with Crippen LogP contribution >= 0.6 is 0 Å². The van der Waals surface area contributed by atoms with Gasteiger partial charge in [0, 0.05) is 28.9 Å². The number of hydrogen-bond acceptors (Lipinski definition) is 4. The Morgan fingerprint density at radius 2 is 2.04 bits per heavy atom. The third-order valence-corrected chi connectivity index (χ3v) is 3.88. The number of amides is 1. The summed E-state index contributed by atoms with van der Waals surface area (Å²) in [4.78, 5) is 12.3. The van der Waals surface area contributed by atoms with Crippen LogP contribution < -0.4 is 14.8 Å². The lowest BCUT2D eigenvalue weighted by Gasteiger charge is -2.08. The number of aromatic nitrogens is 1. The Morgan fingerprint density at radius 1 is 1.21 bits per heavy atom. The number of fused-ring (bicyclic) bond motifs is 2. The second-order valence-electron chi connectivity index (χ2n) is 5.42. The normalized spacial score (nSPS) is 12.1. The summed E-state index contributed by atoms with van der Waals surface area (Å²) >= 11 is 0. The minimum absolute atomic E-state index is 0.122. The van der Waals surface area contributed by atoms with Crippen molar-refractivity contribution in [3.05, 3.63) is 54.2 Å². The summed E-state index contributed by atoms with van der Waals surface area (Å²) in [6.45, 7) is 0.315. The number of carbonyl (C=O) groups excluding carboxylic acids is 1. The standard InChI is InChI=1S/C18H13N3O3/c19-8-12-9-21(15-4-2-1-3-14(12)15)10-18(22)20-13-5-6-16-17(7-13)24-11-23-16/h1-7,9H,10-11H2,(H,20,22). The summed E-state index contributed by atoms with van der Waals surface area (Å²) in [5.74, 6) is 1.10. The Morgan fingerprint density at radius 3 is 2.92 bits per heavy atom. The maximum atomic E-state index is 12.3. The molecule has 0 saturated heterocycles. The highest BCUT2D eigenvalue weighted by molar-refractivity contribution is 5.93. The van der Waals surface area contributed by atoms with Crippen LogP contribution in [0.25, 0.3) is 10.9 Å². The van der Waals surface area contributed by atoms with Gasteiger partial charge in [0.15, 0.2) is 11.5 Å². The number of hydrogen-bond donors (Lipinski definition) is 1. The van der Waals surface area contributed by atoms with Crippen molar-refractivity contribution in [2.45, 2.75) is 6.54 Å². The highest BCUT2D eigenvalue weighted by atomic mass is 16.7. The predicted octanol–water partition coefficient (Wildman–Crippen LogP) is 2.88. The Balaban J connectivity index is 1.56. The first-order chi connectivity index (χ1) is 11.7. The molecule has 0 bridgehead atoms. The van der Waals surface area contributed by atoms with Gasteiger partial charge in [-0.25, -0.2) is 0 Å². The number of nitrogens with zero attached hydrogens (tertiary/aromatic N) is 2. The van der Waals surface area contributed by atoms with Crippen LogP contribution in [0.2, 0.25) is 0 Å². The van der Waals surface area contributed by atoms with E-state index in [1.807, 2.05) is 24.3 Å². The number of nitrogens with one attached hydrogen (secondary N) is 1. The quantitative estimate of drug-likeness (QED) is 0.805. The number of nitriles is 1. The summed E-state index contributed by atoms with van der Waals surface area (Å²) in [6, 6.07) is 14.9. The van der Waals surface area contributed by atoms with Crippen molar-refractivity contribution in [1.82, 2.24) is 4.57 Å². The number of benzene rings is 2. The van der Waals surface area contributed by atoms with Gasteiger partial charge in [-0.2, -0.15) is 5.26 Å². The van der Waals surface area contributed by atoms with Crippen LogP contribution in [0.3, 0.4) is 0 Å². The monoisotopic (exact) mass is 319 g/mol. The lowest BCUT2D eigenvalue weighted by molar-refractivity contribution is -0.116. The van der Waals surface area contributed by atoms with E-state index in [-0.39, 0.29) is 19.2 Å². The fourth-order valence-corrected chi connectivity index (χ4v) is 2.80. The van der Waals surface area contributed by atoms with Crippen molar-refractivity contribution >= 4 is 22.5 Å². The average Bonchev–Trinajstić information content (AvgIpc) is 3.19. The summed E-state index contributed by atoms with van der Waals surface area (Å²) in [5, 5.41) is 12.9. The molecule has 3 aromatic rings. The van der Waals surface area contributed by atoms with Crippen LogP contribution in [0, 0.1) is 11.3 Å². The molecule has 6 nitrogen and oxygen atoms in total. The molecule has 0 aliphatic carbocycles. The summed E-state index contributed by atoms with van der Waals surface area (Å²) in [7, 11) is 0. The fourth-order valence-electron chi connectivity index (χ4n) is 2.80. The molecule has 2 aromatic carbocycles. The SMILES string of the molecule is N#Cc1cn(CC(=O)Nc2ccc3c(c2)OCO3)c2ccccc12. The summed E-state index contributed by atoms with van der Waals surface area (Å²) < 4.78 is 12.3. The molecule has 0 saturated carbocycles. The maximum absolute atomic E-state index is 12.3. The van der Waals surface area contributed by atoms with E-state index in [2.05, 4.69) is 11.4 Å². The molecule has 118 valence electrons. The predicted molar refractivity (Wildman–Crippen MR) is 87.8 cm³/mol. The van der Waals surface area contributed by atoms with E-state index in [4.69, 9.17) is 9.47 Å². The summed E-state index contributed by atoms with van der Waals surface area (Å²) in [5.41, 5.74) is 2.05. The zero-order chi connectivity index (χ0) is 16.5. The lowest BCUT2D eigenvalue weighted by atomic mass is 10.2. The molecular formula is C18H13N3O3. The van der Waals surface area contributed by atoms with Gasteiger partial charge in [0.25, 0.3) is 0 Å². The van der Waals surface area contributed by atoms with E-state index in [1.54, 1.807) is 29.0 Å². The van der Waals surface area contributed by atoms with Crippen molar-refractivity contribution in [2.75, 3.05) is 12.1 Å². The smallest absolute Gasteiger partial charge is 0.244 e. The van der Waals surface area contributed by atoms with Gasteiger partial charge in [-0.05, 0) is 18.2 Å². The van der Waals surface area contributed by atoms with Crippen molar-refractivity contribution in [2.24, 2.45) is 0 Å². The van der Waals surface area contributed by atoms with Crippen LogP contribution in [-0.4, -0.2) is 17.3 Å². The topological polar surface area (TPSA) is 76.3 Å². The van der Waals surface area contributed by atoms with Gasteiger partial charge in [-0.1, -0.05) is 18.2 Å². The van der Waals surface area contributed by atoms with Gasteiger partial charge in [-0.3, -0.25) is 4.79 Å². The van der Waals surface area contributed by atoms with E-state index in [0.29, 0.717) is 22.7 Å². The molecule has 0 fully saturated rings. The molecule has 24 heavy (non-hydrogen) atoms. The van der Waals surface area contributed by atoms with E-state index in [0.717, 1.165) is 10.9 Å². The van der Waals surface area contributed by atoms with Crippen LogP contribution in [0.4, 0.5) is 5.69 Å². The Hall–Kier alpha value is -3.46. The molecule has 0 radical (unpaired) electrons. The van der Waals surface area contributed by atoms with Gasteiger partial charge in [-0.15, -0.1) is 0 Å². The van der Waals surface area contributed by atoms with Crippen molar-refractivity contribution < 1.29 is 14.3 Å². The fraction of sp³-hybridized carbons (Fsp3) is 0.111. The molecule has 1 aromatic heterocycles. The third-order valence-electron chi connectivity index (χ3n) is 3.88. The average molecular weight is 319 g/mol. The highest BCUT2D eigenvalue weighted by Crippen LogP contribution is 2.34. The van der Waals surface area contributed by atoms with Gasteiger partial charge >= 0.3 is 0 Å². The molecular weight excluding hydrogens is 306 g/mol. The molecule has 1 aliphatic heterocycles. The molecule has 0 unspecified atom stereocenters. The van der Waals surface area contributed by atoms with Gasteiger partial charge < -0.3 is 19.4 Å². The summed E-state index contributed by atoms with van der Waals surface area (Å²) in [6.07, 6.45) is 1.70. The first-order valence-corrected chi connectivity index (χ1v) is 7.42. The molecule has 6 heteroatoms. The van der Waals surface area contributed by atoms with Crippen molar-refractivity contribution in [3.8, 4) is 17.6 Å². The van der Waals surface area contributed by atoms with Gasteiger partial charge in [0.1, 0.15) is 12.6 Å². The molecule has 2 heterocycles. The number of carbonyl (C=O) groups is 1. The zero-order valence-corrected chi connectivity index (χ0v) is 12.7. The Kier molecular flexibility index (Phi) is 3.32. The molecule has 0 spiro atoms. The number of anilines is 1. The van der Waals surface area contributed by atoms with Crippen LogP contribution in [0.5, 0.6) is 11.5 Å². The van der Waals surface area contributed by atoms with Gasteiger partial charge in [0.2, 0.25) is 12.7 Å². The molecule has 0 atom stereocenters. The first kappa shape index (κ1) is 14.2. The number of rotatable bonds is 3. The second-order valence-corrected chi connectivity index (χ2v) is 5.42. The van der Waals surface area contributed by atoms with E-state index < -0.39 is 0 Å². The minimum Gasteiger partial charge on any atom is -0.454 e.